The Balaban J connectivity index is 4.31. The van der Waals surface area contributed by atoms with E-state index in [4.69, 9.17) is 9.05 Å². The molecule has 0 aromatic rings. The van der Waals surface area contributed by atoms with E-state index in [1.807, 2.05) is 27.2 Å². The number of allylic oxidation sites excluding steroid dienone is 15. The van der Waals surface area contributed by atoms with Gasteiger partial charge in [0.2, 0.25) is 5.91 Å². The molecule has 0 radical (unpaired) electrons. The zero-order valence-corrected chi connectivity index (χ0v) is 45.4. The zero-order valence-electron chi connectivity index (χ0n) is 44.5. The number of amides is 1. The summed E-state index contributed by atoms with van der Waals surface area (Å²) >= 11 is 0. The number of carbonyl (C=O) groups excluding carboxylic acids is 1. The third kappa shape index (κ3) is 51.3. The van der Waals surface area contributed by atoms with E-state index >= 15 is 0 Å². The number of hydrogen-bond acceptors (Lipinski definition) is 6. The predicted octanol–water partition coefficient (Wildman–Crippen LogP) is 16.0. The number of carbonyl (C=O) groups is 1. The second-order valence-corrected chi connectivity index (χ2v) is 20.9. The van der Waals surface area contributed by atoms with Gasteiger partial charge in [0.1, 0.15) is 13.2 Å². The number of unbranched alkanes of at least 4 members (excludes halogenated alkanes) is 22. The molecular formula is C59H105N2O6P. The second-order valence-electron chi connectivity index (χ2n) is 19.5. The van der Waals surface area contributed by atoms with Crippen LogP contribution < -0.4 is 10.2 Å². The Bertz CT molecular complexity index is 1420. The minimum atomic E-state index is -4.61. The number of aliphatic hydroxyl groups excluding tert-OH is 1. The van der Waals surface area contributed by atoms with Gasteiger partial charge in [0.15, 0.2) is 0 Å². The van der Waals surface area contributed by atoms with Crippen LogP contribution in [0.2, 0.25) is 0 Å². The Morgan fingerprint density at radius 3 is 1.37 bits per heavy atom. The first kappa shape index (κ1) is 65.4. The standard InChI is InChI=1S/C59H105N2O6P/c1-6-8-10-12-14-16-18-20-22-24-26-27-28-29-30-31-32-33-35-37-39-41-43-45-47-49-51-53-59(63)60-57(56-67-68(64,65)66-55-54-61(3,4)5)58(62)52-50-48-46-44-42-40-38-36-34-25-23-21-19-17-15-13-11-9-7-2/h8,10,14,16,20,22,26-27,29-30,34,36,42,44,50,52,57-58,62H,6-7,9,11-13,15,17-19,21,23-25,28,31-33,35,37-41,43,45-49,51,53-56H2,1-5H3,(H-,60,63,64,65)/b10-8-,16-14-,22-20-,27-26-,30-29-,36-34+,44-42+,52-50+. The summed E-state index contributed by atoms with van der Waals surface area (Å²) in [5.74, 6) is -0.218. The fourth-order valence-electron chi connectivity index (χ4n) is 7.45. The van der Waals surface area contributed by atoms with E-state index in [-0.39, 0.29) is 12.5 Å². The first-order chi connectivity index (χ1) is 33.0. The number of aliphatic hydroxyl groups is 1. The molecule has 1 amide bonds. The van der Waals surface area contributed by atoms with Gasteiger partial charge in [-0.1, -0.05) is 220 Å². The van der Waals surface area contributed by atoms with E-state index in [0.717, 1.165) is 77.0 Å². The molecule has 2 N–H and O–H groups in total. The number of phosphoric acid groups is 1. The fraction of sp³-hybridized carbons (Fsp3) is 0.712. The second kappa shape index (κ2) is 49.4. The van der Waals surface area contributed by atoms with Crippen LogP contribution in [0.1, 0.15) is 219 Å². The van der Waals surface area contributed by atoms with Gasteiger partial charge in [-0.2, -0.15) is 0 Å². The SMILES string of the molecule is CC/C=C\C/C=C\C/C=C\C/C=C\C/C=C\CCCCCCCCCCCCCC(=O)NC(COP(=O)([O-])OCC[N+](C)(C)C)C(O)/C=C/CC/C=C/CC/C=C/CCCCCCCCCCC. The van der Waals surface area contributed by atoms with Crippen LogP contribution in [-0.2, 0) is 18.4 Å². The highest BCUT2D eigenvalue weighted by molar-refractivity contribution is 7.45. The van der Waals surface area contributed by atoms with Crippen molar-refractivity contribution in [1.29, 1.82) is 0 Å². The molecule has 0 bridgehead atoms. The molecule has 3 atom stereocenters. The van der Waals surface area contributed by atoms with Gasteiger partial charge in [-0.3, -0.25) is 9.36 Å². The smallest absolute Gasteiger partial charge is 0.268 e. The molecule has 0 fully saturated rings. The monoisotopic (exact) mass is 969 g/mol. The number of quaternary nitrogens is 1. The van der Waals surface area contributed by atoms with Crippen molar-refractivity contribution in [2.45, 2.75) is 231 Å². The molecule has 3 unspecified atom stereocenters. The minimum absolute atomic E-state index is 0.0140. The summed E-state index contributed by atoms with van der Waals surface area (Å²) in [5, 5.41) is 13.8. The number of rotatable bonds is 49. The first-order valence-electron chi connectivity index (χ1n) is 27.6. The van der Waals surface area contributed by atoms with Gasteiger partial charge in [0, 0.05) is 6.42 Å². The quantitative estimate of drug-likeness (QED) is 0.0272. The average molecular weight is 969 g/mol. The largest absolute Gasteiger partial charge is 0.756 e. The Labute approximate surface area is 419 Å². The minimum Gasteiger partial charge on any atom is -0.756 e. The van der Waals surface area contributed by atoms with Crippen molar-refractivity contribution in [2.75, 3.05) is 40.9 Å². The molecule has 0 heterocycles. The molecule has 392 valence electrons. The molecule has 0 saturated carbocycles. The maximum absolute atomic E-state index is 12.9. The number of likely N-dealkylation sites (N-methyl/N-ethyl adjacent to an activating group) is 1. The van der Waals surface area contributed by atoms with Crippen molar-refractivity contribution in [1.82, 2.24) is 5.32 Å². The Morgan fingerprint density at radius 1 is 0.529 bits per heavy atom. The summed E-state index contributed by atoms with van der Waals surface area (Å²) in [6, 6.07) is -0.918. The van der Waals surface area contributed by atoms with Crippen LogP contribution in [-0.4, -0.2) is 68.5 Å². The summed E-state index contributed by atoms with van der Waals surface area (Å²) < 4.78 is 23.3. The first-order valence-corrected chi connectivity index (χ1v) is 29.1. The van der Waals surface area contributed by atoms with Crippen molar-refractivity contribution < 1.29 is 32.9 Å². The normalized spacial score (nSPS) is 14.8. The lowest BCUT2D eigenvalue weighted by Gasteiger charge is -2.29. The number of nitrogens with zero attached hydrogens (tertiary/aromatic N) is 1. The number of nitrogens with one attached hydrogen (secondary N) is 1. The van der Waals surface area contributed by atoms with Crippen molar-refractivity contribution in [3.05, 3.63) is 97.2 Å². The Morgan fingerprint density at radius 2 is 0.912 bits per heavy atom. The van der Waals surface area contributed by atoms with E-state index in [2.05, 4.69) is 104 Å². The molecule has 0 rings (SSSR count). The molecule has 68 heavy (non-hydrogen) atoms. The lowest BCUT2D eigenvalue weighted by atomic mass is 10.0. The maximum atomic E-state index is 12.9. The van der Waals surface area contributed by atoms with Crippen LogP contribution in [0, 0.1) is 0 Å². The Hall–Kier alpha value is -2.58. The molecule has 0 aromatic heterocycles. The van der Waals surface area contributed by atoms with E-state index in [0.29, 0.717) is 17.4 Å². The summed E-state index contributed by atoms with van der Waals surface area (Å²) in [6.45, 7) is 4.50. The van der Waals surface area contributed by atoms with Crippen LogP contribution >= 0.6 is 7.82 Å². The van der Waals surface area contributed by atoms with Crippen molar-refractivity contribution in [3.63, 3.8) is 0 Å². The van der Waals surface area contributed by atoms with Gasteiger partial charge < -0.3 is 28.8 Å². The van der Waals surface area contributed by atoms with Gasteiger partial charge in [0.25, 0.3) is 7.82 Å². The number of hydrogen-bond donors (Lipinski definition) is 2. The summed E-state index contributed by atoms with van der Waals surface area (Å²) in [6.07, 6.45) is 70.5. The molecule has 0 aromatic carbocycles. The third-order valence-electron chi connectivity index (χ3n) is 11.8. The summed E-state index contributed by atoms with van der Waals surface area (Å²) in [4.78, 5) is 25.5. The van der Waals surface area contributed by atoms with E-state index in [1.165, 1.54) is 122 Å². The van der Waals surface area contributed by atoms with Gasteiger partial charge in [-0.15, -0.1) is 0 Å². The predicted molar refractivity (Wildman–Crippen MR) is 293 cm³/mol. The lowest BCUT2D eigenvalue weighted by Crippen LogP contribution is -2.45. The highest BCUT2D eigenvalue weighted by atomic mass is 31.2. The molecule has 0 aliphatic rings. The van der Waals surface area contributed by atoms with E-state index < -0.39 is 26.6 Å². The molecule has 0 aliphatic heterocycles. The molecule has 9 heteroatoms. The van der Waals surface area contributed by atoms with Crippen LogP contribution in [0.5, 0.6) is 0 Å². The zero-order chi connectivity index (χ0) is 49.9. The van der Waals surface area contributed by atoms with Crippen LogP contribution in [0.25, 0.3) is 0 Å². The number of phosphoric ester groups is 1. The third-order valence-corrected chi connectivity index (χ3v) is 12.7. The fourth-order valence-corrected chi connectivity index (χ4v) is 8.17. The highest BCUT2D eigenvalue weighted by Crippen LogP contribution is 2.38. The molecule has 0 aliphatic carbocycles. The van der Waals surface area contributed by atoms with E-state index in [1.54, 1.807) is 6.08 Å². The topological polar surface area (TPSA) is 108 Å². The van der Waals surface area contributed by atoms with Crippen LogP contribution in [0.4, 0.5) is 0 Å². The molecule has 8 nitrogen and oxygen atoms in total. The van der Waals surface area contributed by atoms with E-state index in [9.17, 15) is 19.4 Å². The molecule has 0 spiro atoms. The Kier molecular flexibility index (Phi) is 47.5. The molecule has 0 saturated heterocycles. The average Bonchev–Trinajstić information content (AvgIpc) is 3.30. The van der Waals surface area contributed by atoms with Crippen LogP contribution in [0.3, 0.4) is 0 Å². The van der Waals surface area contributed by atoms with Crippen molar-refractivity contribution in [3.8, 4) is 0 Å². The van der Waals surface area contributed by atoms with Gasteiger partial charge in [-0.05, 0) is 89.9 Å². The summed E-state index contributed by atoms with van der Waals surface area (Å²) in [7, 11) is 1.22. The van der Waals surface area contributed by atoms with Crippen molar-refractivity contribution in [2.24, 2.45) is 0 Å². The highest BCUT2D eigenvalue weighted by Gasteiger charge is 2.23. The van der Waals surface area contributed by atoms with Gasteiger partial charge in [-0.25, -0.2) is 0 Å². The van der Waals surface area contributed by atoms with Gasteiger partial charge in [0.05, 0.1) is 39.9 Å². The van der Waals surface area contributed by atoms with Gasteiger partial charge >= 0.3 is 0 Å². The molecular weight excluding hydrogens is 864 g/mol. The summed E-state index contributed by atoms with van der Waals surface area (Å²) in [5.41, 5.74) is 0. The lowest BCUT2D eigenvalue weighted by molar-refractivity contribution is -0.870. The van der Waals surface area contributed by atoms with Crippen LogP contribution in [0.15, 0.2) is 97.2 Å². The maximum Gasteiger partial charge on any atom is 0.268 e. The van der Waals surface area contributed by atoms with Crippen molar-refractivity contribution >= 4 is 13.7 Å².